The number of hydrogen-bond donors (Lipinski definition) is 1. The minimum Gasteiger partial charge on any atom is -0.341 e. The van der Waals surface area contributed by atoms with Crippen molar-refractivity contribution >= 4 is 28.9 Å². The normalized spacial score (nSPS) is 14.3. The molecule has 1 aliphatic rings. The van der Waals surface area contributed by atoms with Gasteiger partial charge in [0.1, 0.15) is 0 Å². The van der Waals surface area contributed by atoms with Gasteiger partial charge in [-0.15, -0.1) is 11.3 Å². The molecule has 0 spiro atoms. The fourth-order valence-electron chi connectivity index (χ4n) is 2.58. The first-order valence-electron chi connectivity index (χ1n) is 7.62. The monoisotopic (exact) mass is 316 g/mol. The highest BCUT2D eigenvalue weighted by atomic mass is 32.1. The number of rotatable bonds is 5. The summed E-state index contributed by atoms with van der Waals surface area (Å²) in [5, 5.41) is 4.93. The number of nitrogens with one attached hydrogen (secondary N) is 1. The second-order valence-corrected chi connectivity index (χ2v) is 6.54. The molecule has 0 saturated carbocycles. The zero-order valence-corrected chi connectivity index (χ0v) is 13.5. The second kappa shape index (κ2) is 6.87. The van der Waals surface area contributed by atoms with Crippen LogP contribution in [-0.2, 0) is 11.2 Å². The number of carbonyl (C=O) groups excluding carboxylic acids is 1. The predicted octanol–water partition coefficient (Wildman–Crippen LogP) is 3.02. The van der Waals surface area contributed by atoms with Crippen LogP contribution < -0.4 is 10.2 Å². The lowest BCUT2D eigenvalue weighted by Gasteiger charge is -2.14. The molecule has 1 fully saturated rings. The number of hydrogen-bond acceptors (Lipinski definition) is 5. The Balaban J connectivity index is 1.51. The molecular weight excluding hydrogens is 296 g/mol. The molecule has 3 rings (SSSR count). The van der Waals surface area contributed by atoms with E-state index in [9.17, 15) is 4.79 Å². The summed E-state index contributed by atoms with van der Waals surface area (Å²) < 4.78 is 0. The van der Waals surface area contributed by atoms with Gasteiger partial charge < -0.3 is 10.2 Å². The largest absolute Gasteiger partial charge is 0.341 e. The first-order chi connectivity index (χ1) is 10.7. The van der Waals surface area contributed by atoms with E-state index in [-0.39, 0.29) is 5.91 Å². The van der Waals surface area contributed by atoms with Gasteiger partial charge >= 0.3 is 0 Å². The lowest BCUT2D eigenvalue weighted by Crippen LogP contribution is -2.20. The predicted molar refractivity (Wildman–Crippen MR) is 89.5 cm³/mol. The summed E-state index contributed by atoms with van der Waals surface area (Å²) in [5.74, 6) is 0.759. The molecule has 1 N–H and O–H groups in total. The first-order valence-corrected chi connectivity index (χ1v) is 8.50. The van der Waals surface area contributed by atoms with Crippen molar-refractivity contribution in [2.45, 2.75) is 32.6 Å². The molecule has 1 aliphatic heterocycles. The smallest absolute Gasteiger partial charge is 0.225 e. The Labute approximate surface area is 134 Å². The van der Waals surface area contributed by atoms with Gasteiger partial charge in [0.15, 0.2) is 0 Å². The molecule has 0 atom stereocenters. The highest BCUT2D eigenvalue weighted by Crippen LogP contribution is 2.18. The third kappa shape index (κ3) is 3.62. The zero-order chi connectivity index (χ0) is 15.4. The van der Waals surface area contributed by atoms with Crippen molar-refractivity contribution in [3.05, 3.63) is 34.3 Å². The van der Waals surface area contributed by atoms with Crippen LogP contribution in [0, 0.1) is 6.92 Å². The molecule has 0 unspecified atom stereocenters. The van der Waals surface area contributed by atoms with Crippen LogP contribution in [0.5, 0.6) is 0 Å². The van der Waals surface area contributed by atoms with Crippen LogP contribution in [0.1, 0.15) is 29.7 Å². The zero-order valence-electron chi connectivity index (χ0n) is 12.7. The topological polar surface area (TPSA) is 58.1 Å². The van der Waals surface area contributed by atoms with Crippen LogP contribution in [0.4, 0.5) is 11.6 Å². The summed E-state index contributed by atoms with van der Waals surface area (Å²) in [7, 11) is 0. The lowest BCUT2D eigenvalue weighted by atomic mass is 10.2. The maximum absolute atomic E-state index is 12.0. The van der Waals surface area contributed by atoms with E-state index in [1.165, 1.54) is 23.3 Å². The Bertz CT molecular complexity index is 632. The first kappa shape index (κ1) is 15.0. The molecule has 3 heterocycles. The lowest BCUT2D eigenvalue weighted by molar-refractivity contribution is -0.116. The minimum atomic E-state index is 0.00493. The number of anilines is 2. The molecule has 5 nitrogen and oxygen atoms in total. The molecule has 0 aliphatic carbocycles. The van der Waals surface area contributed by atoms with Crippen LogP contribution in [0.25, 0.3) is 0 Å². The summed E-state index contributed by atoms with van der Waals surface area (Å²) in [6.07, 6.45) is 7.04. The summed E-state index contributed by atoms with van der Waals surface area (Å²) in [4.78, 5) is 24.1. The highest BCUT2D eigenvalue weighted by molar-refractivity contribution is 7.10. The average molecular weight is 316 g/mol. The fraction of sp³-hybridized carbons (Fsp3) is 0.438. The summed E-state index contributed by atoms with van der Waals surface area (Å²) in [6.45, 7) is 4.12. The molecule has 0 aromatic carbocycles. The van der Waals surface area contributed by atoms with Crippen LogP contribution in [0.3, 0.4) is 0 Å². The summed E-state index contributed by atoms with van der Waals surface area (Å²) >= 11 is 1.70. The molecule has 0 radical (unpaired) electrons. The van der Waals surface area contributed by atoms with E-state index in [1.807, 2.05) is 0 Å². The summed E-state index contributed by atoms with van der Waals surface area (Å²) in [5.41, 5.74) is 1.92. The Kier molecular flexibility index (Phi) is 4.68. The van der Waals surface area contributed by atoms with E-state index >= 15 is 0 Å². The van der Waals surface area contributed by atoms with E-state index in [0.29, 0.717) is 12.1 Å². The van der Waals surface area contributed by atoms with Crippen LogP contribution in [0.2, 0.25) is 0 Å². The molecule has 22 heavy (non-hydrogen) atoms. The van der Waals surface area contributed by atoms with Crippen molar-refractivity contribution in [1.29, 1.82) is 0 Å². The number of aromatic nitrogens is 2. The van der Waals surface area contributed by atoms with Gasteiger partial charge in [-0.05, 0) is 43.2 Å². The molecular formula is C16H20N4OS. The Hall–Kier alpha value is -1.95. The molecule has 0 bridgehead atoms. The van der Waals surface area contributed by atoms with Crippen molar-refractivity contribution in [3.8, 4) is 0 Å². The molecule has 1 amide bonds. The highest BCUT2D eigenvalue weighted by Gasteiger charge is 2.14. The molecule has 2 aromatic heterocycles. The molecule has 116 valence electrons. The third-order valence-corrected chi connectivity index (χ3v) is 4.94. The van der Waals surface area contributed by atoms with Crippen LogP contribution in [0.15, 0.2) is 23.8 Å². The second-order valence-electron chi connectivity index (χ2n) is 5.54. The fourth-order valence-corrected chi connectivity index (χ4v) is 3.49. The Morgan fingerprint density at radius 1 is 1.32 bits per heavy atom. The quantitative estimate of drug-likeness (QED) is 0.921. The number of carbonyl (C=O) groups is 1. The SMILES string of the molecule is Cc1ccsc1CCC(=O)Nc1cnc(N2CCCC2)nc1. The van der Waals surface area contributed by atoms with Crippen LogP contribution >= 0.6 is 11.3 Å². The number of amides is 1. The van der Waals surface area contributed by atoms with Gasteiger partial charge in [-0.1, -0.05) is 0 Å². The molecule has 2 aromatic rings. The number of aryl methyl sites for hydroxylation is 2. The standard InChI is InChI=1S/C16H20N4OS/c1-12-6-9-22-14(12)4-5-15(21)19-13-10-17-16(18-11-13)20-7-2-3-8-20/h6,9-11H,2-5,7-8H2,1H3,(H,19,21). The van der Waals surface area contributed by atoms with Gasteiger partial charge in [0, 0.05) is 24.4 Å². The van der Waals surface area contributed by atoms with Crippen molar-refractivity contribution in [3.63, 3.8) is 0 Å². The molecule has 1 saturated heterocycles. The van der Waals surface area contributed by atoms with Gasteiger partial charge in [-0.2, -0.15) is 0 Å². The van der Waals surface area contributed by atoms with Crippen molar-refractivity contribution in [2.75, 3.05) is 23.3 Å². The van der Waals surface area contributed by atoms with Crippen molar-refractivity contribution in [1.82, 2.24) is 9.97 Å². The van der Waals surface area contributed by atoms with E-state index in [1.54, 1.807) is 23.7 Å². The van der Waals surface area contributed by atoms with E-state index in [0.717, 1.165) is 25.5 Å². The van der Waals surface area contributed by atoms with Gasteiger partial charge in [-0.3, -0.25) is 4.79 Å². The average Bonchev–Trinajstić information content (AvgIpc) is 3.18. The van der Waals surface area contributed by atoms with E-state index < -0.39 is 0 Å². The van der Waals surface area contributed by atoms with Crippen molar-refractivity contribution < 1.29 is 4.79 Å². The van der Waals surface area contributed by atoms with Crippen molar-refractivity contribution in [2.24, 2.45) is 0 Å². The Morgan fingerprint density at radius 2 is 2.05 bits per heavy atom. The van der Waals surface area contributed by atoms with Crippen LogP contribution in [-0.4, -0.2) is 29.0 Å². The van der Waals surface area contributed by atoms with Gasteiger partial charge in [-0.25, -0.2) is 9.97 Å². The third-order valence-electron chi connectivity index (χ3n) is 3.86. The van der Waals surface area contributed by atoms with Gasteiger partial charge in [0.2, 0.25) is 11.9 Å². The number of nitrogens with zero attached hydrogens (tertiary/aromatic N) is 3. The van der Waals surface area contributed by atoms with Gasteiger partial charge in [0.05, 0.1) is 18.1 Å². The maximum Gasteiger partial charge on any atom is 0.225 e. The number of thiophene rings is 1. The van der Waals surface area contributed by atoms with Gasteiger partial charge in [0.25, 0.3) is 0 Å². The van der Waals surface area contributed by atoms with E-state index in [2.05, 4.69) is 38.6 Å². The maximum atomic E-state index is 12.0. The summed E-state index contributed by atoms with van der Waals surface area (Å²) in [6, 6.07) is 2.09. The minimum absolute atomic E-state index is 0.00493. The Morgan fingerprint density at radius 3 is 2.68 bits per heavy atom. The van der Waals surface area contributed by atoms with E-state index in [4.69, 9.17) is 0 Å². The molecule has 6 heteroatoms.